The molecule has 1 N–H and O–H groups in total. The van der Waals surface area contributed by atoms with E-state index in [0.717, 1.165) is 10.9 Å². The second kappa shape index (κ2) is 5.34. The summed E-state index contributed by atoms with van der Waals surface area (Å²) in [6.07, 6.45) is 3.72. The molecule has 19 heavy (non-hydrogen) atoms. The molecule has 0 amide bonds. The number of rotatable bonds is 3. The number of ether oxygens (including phenoxy) is 2. The van der Waals surface area contributed by atoms with Crippen LogP contribution < -0.4 is 5.32 Å². The van der Waals surface area contributed by atoms with Crippen LogP contribution >= 0.6 is 22.9 Å². The van der Waals surface area contributed by atoms with Gasteiger partial charge < -0.3 is 14.8 Å². The summed E-state index contributed by atoms with van der Waals surface area (Å²) in [5, 5.41) is 3.61. The Morgan fingerprint density at radius 2 is 2.37 bits per heavy atom. The van der Waals surface area contributed by atoms with E-state index in [0.29, 0.717) is 12.6 Å². The van der Waals surface area contributed by atoms with E-state index >= 15 is 0 Å². The van der Waals surface area contributed by atoms with Crippen LogP contribution in [-0.2, 0) is 15.9 Å². The van der Waals surface area contributed by atoms with E-state index in [1.165, 1.54) is 29.7 Å². The Balaban J connectivity index is 1.59. The normalized spacial score (nSPS) is 29.4. The van der Waals surface area contributed by atoms with Gasteiger partial charge in [-0.1, -0.05) is 11.6 Å². The molecule has 1 aromatic rings. The Kier molecular flexibility index (Phi) is 3.89. The summed E-state index contributed by atoms with van der Waals surface area (Å²) in [6, 6.07) is 2.54. The van der Waals surface area contributed by atoms with Crippen molar-refractivity contribution < 1.29 is 9.47 Å². The summed E-state index contributed by atoms with van der Waals surface area (Å²) >= 11 is 7.85. The van der Waals surface area contributed by atoms with Crippen LogP contribution in [0, 0.1) is 0 Å². The smallest absolute Gasteiger partial charge is 0.163 e. The number of aryl methyl sites for hydroxylation is 1. The minimum absolute atomic E-state index is 0.148. The lowest BCUT2D eigenvalue weighted by Gasteiger charge is -2.25. The van der Waals surface area contributed by atoms with Gasteiger partial charge in [-0.3, -0.25) is 0 Å². The van der Waals surface area contributed by atoms with Crippen molar-refractivity contribution in [3.63, 3.8) is 0 Å². The first-order valence-corrected chi connectivity index (χ1v) is 8.06. The maximum atomic E-state index is 6.13. The summed E-state index contributed by atoms with van der Waals surface area (Å²) in [7, 11) is 0. The Hall–Kier alpha value is -0.130. The highest BCUT2D eigenvalue weighted by molar-refractivity contribution is 7.16. The summed E-state index contributed by atoms with van der Waals surface area (Å²) in [4.78, 5) is 1.44. The molecule has 0 spiro atoms. The molecule has 1 aliphatic carbocycles. The molecule has 1 saturated heterocycles. The third-order valence-corrected chi connectivity index (χ3v) is 5.08. The molecule has 3 rings (SSSR count). The number of hydrogen-bond donors (Lipinski definition) is 1. The molecule has 0 saturated carbocycles. The highest BCUT2D eigenvalue weighted by Crippen LogP contribution is 2.37. The van der Waals surface area contributed by atoms with Crippen LogP contribution in [0.15, 0.2) is 6.07 Å². The zero-order valence-electron chi connectivity index (χ0n) is 11.4. The van der Waals surface area contributed by atoms with E-state index < -0.39 is 5.79 Å². The maximum Gasteiger partial charge on any atom is 0.163 e. The highest BCUT2D eigenvalue weighted by atomic mass is 35.5. The van der Waals surface area contributed by atoms with Crippen LogP contribution in [0.1, 0.15) is 43.2 Å². The monoisotopic (exact) mass is 301 g/mol. The first-order valence-electron chi connectivity index (χ1n) is 6.87. The lowest BCUT2D eigenvalue weighted by atomic mass is 9.94. The van der Waals surface area contributed by atoms with Crippen molar-refractivity contribution in [2.45, 2.75) is 51.0 Å². The molecule has 106 valence electrons. The molecular formula is C14H20ClNO2S. The van der Waals surface area contributed by atoms with Gasteiger partial charge in [0, 0.05) is 17.5 Å². The Bertz CT molecular complexity index is 460. The predicted octanol–water partition coefficient (Wildman–Crippen LogP) is 3.52. The van der Waals surface area contributed by atoms with Gasteiger partial charge in [0.15, 0.2) is 5.79 Å². The van der Waals surface area contributed by atoms with Gasteiger partial charge in [0.25, 0.3) is 0 Å². The zero-order valence-corrected chi connectivity index (χ0v) is 12.9. The van der Waals surface area contributed by atoms with E-state index in [2.05, 4.69) is 11.4 Å². The molecule has 0 radical (unpaired) electrons. The van der Waals surface area contributed by atoms with E-state index in [-0.39, 0.29) is 6.10 Å². The highest BCUT2D eigenvalue weighted by Gasteiger charge is 2.33. The molecule has 2 heterocycles. The van der Waals surface area contributed by atoms with Gasteiger partial charge in [-0.05, 0) is 44.7 Å². The summed E-state index contributed by atoms with van der Waals surface area (Å²) < 4.78 is 12.3. The van der Waals surface area contributed by atoms with Crippen LogP contribution in [-0.4, -0.2) is 25.0 Å². The van der Waals surface area contributed by atoms with Gasteiger partial charge in [0.2, 0.25) is 0 Å². The average molecular weight is 302 g/mol. The average Bonchev–Trinajstić information content (AvgIpc) is 2.88. The molecule has 1 fully saturated rings. The zero-order chi connectivity index (χ0) is 13.5. The molecule has 0 aromatic carbocycles. The minimum atomic E-state index is -0.435. The number of nitrogens with one attached hydrogen (secondary N) is 1. The van der Waals surface area contributed by atoms with Gasteiger partial charge in [-0.25, -0.2) is 0 Å². The van der Waals surface area contributed by atoms with E-state index in [1.807, 2.05) is 13.8 Å². The van der Waals surface area contributed by atoms with Crippen molar-refractivity contribution >= 4 is 22.9 Å². The first-order chi connectivity index (χ1) is 9.03. The lowest BCUT2D eigenvalue weighted by Crippen LogP contribution is -2.34. The van der Waals surface area contributed by atoms with Gasteiger partial charge in [-0.15, -0.1) is 11.3 Å². The van der Waals surface area contributed by atoms with Crippen LogP contribution in [0.2, 0.25) is 4.34 Å². The standard InChI is InChI=1S/C14H20ClNO2S/c1-14(2)17-8-9(18-14)7-16-11-4-3-5-12-10(11)6-13(15)19-12/h6,9,11,16H,3-5,7-8H2,1-2H3. The molecule has 2 unspecified atom stereocenters. The van der Waals surface area contributed by atoms with Crippen LogP contribution in [0.4, 0.5) is 0 Å². The third-order valence-electron chi connectivity index (χ3n) is 3.74. The second-order valence-corrected chi connectivity index (χ2v) is 7.50. The number of hydrogen-bond acceptors (Lipinski definition) is 4. The SMILES string of the molecule is CC1(C)OCC(CNC2CCCc3sc(Cl)cc32)O1. The first kappa shape index (κ1) is 13.8. The Labute approximate surface area is 123 Å². The van der Waals surface area contributed by atoms with Crippen molar-refractivity contribution in [3.05, 3.63) is 20.8 Å². The molecular weight excluding hydrogens is 282 g/mol. The van der Waals surface area contributed by atoms with Gasteiger partial charge in [0.1, 0.15) is 0 Å². The molecule has 0 bridgehead atoms. The van der Waals surface area contributed by atoms with Gasteiger partial charge in [-0.2, -0.15) is 0 Å². The fraction of sp³-hybridized carbons (Fsp3) is 0.714. The van der Waals surface area contributed by atoms with Crippen molar-refractivity contribution in [2.24, 2.45) is 0 Å². The number of fused-ring (bicyclic) bond motifs is 1. The Morgan fingerprint density at radius 3 is 3.11 bits per heavy atom. The van der Waals surface area contributed by atoms with Gasteiger partial charge in [0.05, 0.1) is 17.0 Å². The molecule has 1 aromatic heterocycles. The molecule has 1 aliphatic heterocycles. The quantitative estimate of drug-likeness (QED) is 0.926. The van der Waals surface area contributed by atoms with E-state index in [1.54, 1.807) is 11.3 Å². The third kappa shape index (κ3) is 3.14. The summed E-state index contributed by atoms with van der Waals surface area (Å²) in [6.45, 7) is 5.43. The van der Waals surface area contributed by atoms with Crippen molar-refractivity contribution in [1.82, 2.24) is 5.32 Å². The van der Waals surface area contributed by atoms with Crippen LogP contribution in [0.25, 0.3) is 0 Å². The Morgan fingerprint density at radius 1 is 1.53 bits per heavy atom. The number of thiophene rings is 1. The van der Waals surface area contributed by atoms with E-state index in [9.17, 15) is 0 Å². The lowest BCUT2D eigenvalue weighted by molar-refractivity contribution is -0.137. The fourth-order valence-corrected chi connectivity index (χ4v) is 4.25. The molecule has 5 heteroatoms. The van der Waals surface area contributed by atoms with Crippen LogP contribution in [0.5, 0.6) is 0 Å². The number of halogens is 1. The predicted molar refractivity (Wildman–Crippen MR) is 77.9 cm³/mol. The second-order valence-electron chi connectivity index (χ2n) is 5.73. The van der Waals surface area contributed by atoms with Gasteiger partial charge >= 0.3 is 0 Å². The largest absolute Gasteiger partial charge is 0.348 e. The summed E-state index contributed by atoms with van der Waals surface area (Å²) in [5.74, 6) is -0.435. The molecule has 2 aliphatic rings. The fourth-order valence-electron chi connectivity index (χ4n) is 2.87. The summed E-state index contributed by atoms with van der Waals surface area (Å²) in [5.41, 5.74) is 1.39. The topological polar surface area (TPSA) is 30.5 Å². The van der Waals surface area contributed by atoms with Crippen molar-refractivity contribution in [3.8, 4) is 0 Å². The van der Waals surface area contributed by atoms with Crippen molar-refractivity contribution in [2.75, 3.05) is 13.2 Å². The van der Waals surface area contributed by atoms with E-state index in [4.69, 9.17) is 21.1 Å². The molecule has 2 atom stereocenters. The van der Waals surface area contributed by atoms with Crippen molar-refractivity contribution in [1.29, 1.82) is 0 Å². The minimum Gasteiger partial charge on any atom is -0.348 e. The van der Waals surface area contributed by atoms with Crippen LogP contribution in [0.3, 0.4) is 0 Å². The maximum absolute atomic E-state index is 6.13. The molecule has 3 nitrogen and oxygen atoms in total.